The quantitative estimate of drug-likeness (QED) is 0.695. The Morgan fingerprint density at radius 3 is 2.71 bits per heavy atom. The van der Waals surface area contributed by atoms with Crippen molar-refractivity contribution < 1.29 is 23.5 Å². The van der Waals surface area contributed by atoms with E-state index in [0.717, 1.165) is 37.9 Å². The van der Waals surface area contributed by atoms with Crippen LogP contribution in [0.2, 0.25) is 0 Å². The molecule has 1 saturated heterocycles. The number of benzene rings is 1. The molecule has 1 aromatic heterocycles. The molecule has 5 rings (SSSR count). The molecular weight excluding hydrogens is 446 g/mol. The van der Waals surface area contributed by atoms with Crippen molar-refractivity contribution in [3.63, 3.8) is 0 Å². The largest absolute Gasteiger partial charge is 0.503 e. The van der Waals surface area contributed by atoms with Crippen LogP contribution < -0.4 is 10.7 Å². The molecule has 0 spiro atoms. The third-order valence-corrected chi connectivity index (χ3v) is 6.89. The van der Waals surface area contributed by atoms with Crippen LogP contribution >= 0.6 is 0 Å². The fourth-order valence-electron chi connectivity index (χ4n) is 4.83. The third-order valence-electron chi connectivity index (χ3n) is 6.89. The summed E-state index contributed by atoms with van der Waals surface area (Å²) in [4.78, 5) is 42.6. The summed E-state index contributed by atoms with van der Waals surface area (Å²) in [5.74, 6) is -3.14. The number of carbonyl (C=O) groups excluding carboxylic acids is 2. The fraction of sp³-hybridized carbons (Fsp3) is 0.458. The van der Waals surface area contributed by atoms with Crippen molar-refractivity contribution in [1.82, 2.24) is 19.7 Å². The average Bonchev–Trinajstić information content (AvgIpc) is 3.61. The van der Waals surface area contributed by atoms with E-state index >= 15 is 0 Å². The summed E-state index contributed by atoms with van der Waals surface area (Å²) in [5.41, 5.74) is -1.22. The smallest absolute Gasteiger partial charge is 0.276 e. The van der Waals surface area contributed by atoms with E-state index in [4.69, 9.17) is 0 Å². The minimum absolute atomic E-state index is 0.0528. The van der Waals surface area contributed by atoms with E-state index in [0.29, 0.717) is 6.54 Å². The zero-order valence-electron chi connectivity index (χ0n) is 18.8. The lowest BCUT2D eigenvalue weighted by atomic mass is 10.0. The molecule has 1 aromatic carbocycles. The second-order valence-electron chi connectivity index (χ2n) is 9.41. The van der Waals surface area contributed by atoms with Crippen LogP contribution in [0.4, 0.5) is 8.78 Å². The molecule has 2 aromatic rings. The number of fused-ring (bicyclic) bond motifs is 2. The predicted molar refractivity (Wildman–Crippen MR) is 118 cm³/mol. The number of carbonyl (C=O) groups is 2. The molecule has 0 bridgehead atoms. The van der Waals surface area contributed by atoms with Crippen molar-refractivity contribution in [3.05, 3.63) is 63.1 Å². The van der Waals surface area contributed by atoms with Crippen LogP contribution in [0.1, 0.15) is 52.6 Å². The van der Waals surface area contributed by atoms with E-state index in [9.17, 15) is 28.3 Å². The maximum Gasteiger partial charge on any atom is 0.276 e. The van der Waals surface area contributed by atoms with Crippen LogP contribution in [0.5, 0.6) is 5.75 Å². The minimum atomic E-state index is -0.930. The van der Waals surface area contributed by atoms with Gasteiger partial charge in [-0.15, -0.1) is 0 Å². The highest BCUT2D eigenvalue weighted by molar-refractivity contribution is 5.99. The van der Waals surface area contributed by atoms with Crippen LogP contribution in [0.25, 0.3) is 0 Å². The molecule has 3 heterocycles. The van der Waals surface area contributed by atoms with E-state index in [1.54, 1.807) is 4.90 Å². The molecule has 2 fully saturated rings. The Labute approximate surface area is 194 Å². The first kappa shape index (κ1) is 22.5. The number of hydrogen-bond acceptors (Lipinski definition) is 5. The highest BCUT2D eigenvalue weighted by Crippen LogP contribution is 2.32. The van der Waals surface area contributed by atoms with Gasteiger partial charge in [0.2, 0.25) is 5.43 Å². The van der Waals surface area contributed by atoms with Crippen molar-refractivity contribution in [3.8, 4) is 5.75 Å². The molecule has 2 atom stereocenters. The van der Waals surface area contributed by atoms with Crippen molar-refractivity contribution in [2.45, 2.75) is 51.5 Å². The normalized spacial score (nSPS) is 21.7. The summed E-state index contributed by atoms with van der Waals surface area (Å²) < 4.78 is 29.1. The summed E-state index contributed by atoms with van der Waals surface area (Å²) in [6, 6.07) is 3.10. The number of aromatic nitrogens is 1. The van der Waals surface area contributed by atoms with Crippen molar-refractivity contribution >= 4 is 11.8 Å². The average molecular weight is 472 g/mol. The molecule has 2 aliphatic heterocycles. The highest BCUT2D eigenvalue weighted by Gasteiger charge is 2.40. The van der Waals surface area contributed by atoms with Gasteiger partial charge in [0.15, 0.2) is 11.4 Å². The van der Waals surface area contributed by atoms with Crippen LogP contribution in [0.15, 0.2) is 29.2 Å². The van der Waals surface area contributed by atoms with Gasteiger partial charge in [-0.2, -0.15) is 0 Å². The van der Waals surface area contributed by atoms with Crippen molar-refractivity contribution in [1.29, 1.82) is 0 Å². The number of pyridine rings is 1. The number of amides is 2. The van der Waals surface area contributed by atoms with Gasteiger partial charge >= 0.3 is 0 Å². The maximum atomic E-state index is 14.3. The van der Waals surface area contributed by atoms with Gasteiger partial charge in [-0.25, -0.2) is 8.78 Å². The van der Waals surface area contributed by atoms with E-state index in [1.165, 1.54) is 21.7 Å². The minimum Gasteiger partial charge on any atom is -0.503 e. The number of aromatic hydroxyl groups is 1. The zero-order chi connectivity index (χ0) is 24.1. The second kappa shape index (κ2) is 8.50. The van der Waals surface area contributed by atoms with E-state index < -0.39 is 34.6 Å². The van der Waals surface area contributed by atoms with Crippen molar-refractivity contribution in [2.24, 2.45) is 5.92 Å². The topological polar surface area (TPSA) is 94.9 Å². The highest BCUT2D eigenvalue weighted by atomic mass is 19.1. The first-order chi connectivity index (χ1) is 16.2. The van der Waals surface area contributed by atoms with Crippen LogP contribution in [-0.2, 0) is 13.1 Å². The summed E-state index contributed by atoms with van der Waals surface area (Å²) in [7, 11) is 0. The van der Waals surface area contributed by atoms with Gasteiger partial charge in [0, 0.05) is 37.0 Å². The molecule has 8 nitrogen and oxygen atoms in total. The molecule has 3 aliphatic rings. The van der Waals surface area contributed by atoms with Gasteiger partial charge in [-0.3, -0.25) is 19.7 Å². The van der Waals surface area contributed by atoms with Gasteiger partial charge in [-0.1, -0.05) is 6.07 Å². The maximum absolute atomic E-state index is 14.3. The first-order valence-electron chi connectivity index (χ1n) is 11.5. The Balaban J connectivity index is 1.51. The Morgan fingerprint density at radius 1 is 1.24 bits per heavy atom. The van der Waals surface area contributed by atoms with Crippen molar-refractivity contribution in [2.75, 3.05) is 13.1 Å². The standard InChI is InChI=1S/C24H26F2N4O4/c1-13-6-7-27-19-12-28-11-17(21(31)22(32)20(28)24(34)30(13)19)23(33)29(9-14-2-3-14)10-15-4-5-16(25)8-18(15)26/h4-5,8,11,13-14,19,27,32H,2-3,6-7,9-10,12H2,1H3/t13-,19-/m0/s1. The lowest BCUT2D eigenvalue weighted by Gasteiger charge is -2.45. The van der Waals surface area contributed by atoms with E-state index in [2.05, 4.69) is 5.32 Å². The van der Waals surface area contributed by atoms with E-state index in [1.807, 2.05) is 6.92 Å². The Hall–Kier alpha value is -3.27. The molecule has 1 aliphatic carbocycles. The summed E-state index contributed by atoms with van der Waals surface area (Å²) >= 11 is 0. The summed E-state index contributed by atoms with van der Waals surface area (Å²) in [6.07, 6.45) is 3.58. The Bertz CT molecular complexity index is 1230. The van der Waals surface area contributed by atoms with Gasteiger partial charge in [0.1, 0.15) is 23.4 Å². The number of nitrogens with one attached hydrogen (secondary N) is 1. The lowest BCUT2D eigenvalue weighted by Crippen LogP contribution is -2.62. The fourth-order valence-corrected chi connectivity index (χ4v) is 4.83. The van der Waals surface area contributed by atoms with Crippen LogP contribution in [-0.4, -0.2) is 56.6 Å². The second-order valence-corrected chi connectivity index (χ2v) is 9.41. The molecule has 34 heavy (non-hydrogen) atoms. The molecule has 2 amide bonds. The lowest BCUT2D eigenvalue weighted by molar-refractivity contribution is 0.0301. The zero-order valence-corrected chi connectivity index (χ0v) is 18.8. The van der Waals surface area contributed by atoms with Crippen LogP contribution in [0, 0.1) is 17.6 Å². The molecule has 0 radical (unpaired) electrons. The Morgan fingerprint density at radius 2 is 2.00 bits per heavy atom. The monoisotopic (exact) mass is 472 g/mol. The summed E-state index contributed by atoms with van der Waals surface area (Å²) in [5, 5.41) is 13.9. The SMILES string of the molecule is C[C@H]1CCN[C@@H]2Cn3cc(C(=O)N(Cc4ccc(F)cc4F)CC4CC4)c(=O)c(O)c3C(=O)N12. The van der Waals surface area contributed by atoms with Gasteiger partial charge < -0.3 is 19.5 Å². The first-order valence-corrected chi connectivity index (χ1v) is 11.5. The van der Waals surface area contributed by atoms with Crippen LogP contribution in [0.3, 0.4) is 0 Å². The molecule has 180 valence electrons. The van der Waals surface area contributed by atoms with E-state index in [-0.39, 0.29) is 48.0 Å². The molecule has 1 saturated carbocycles. The third kappa shape index (κ3) is 3.96. The number of halogens is 2. The van der Waals surface area contributed by atoms with Gasteiger partial charge in [0.25, 0.3) is 11.8 Å². The molecule has 10 heteroatoms. The number of nitrogens with zero attached hydrogens (tertiary/aromatic N) is 3. The Kier molecular flexibility index (Phi) is 5.63. The molecule has 0 unspecified atom stereocenters. The summed E-state index contributed by atoms with van der Waals surface area (Å²) in [6.45, 7) is 3.08. The molecular formula is C24H26F2N4O4. The van der Waals surface area contributed by atoms with Gasteiger partial charge in [0.05, 0.1) is 6.54 Å². The van der Waals surface area contributed by atoms with Gasteiger partial charge in [-0.05, 0) is 44.7 Å². The molecule has 2 N–H and O–H groups in total. The number of hydrogen-bond donors (Lipinski definition) is 2. The predicted octanol–water partition coefficient (Wildman–Crippen LogP) is 2.05. The number of rotatable bonds is 5.